The summed E-state index contributed by atoms with van der Waals surface area (Å²) in [6, 6.07) is 26.1. The fourth-order valence-corrected chi connectivity index (χ4v) is 4.71. The third kappa shape index (κ3) is 4.09. The molecule has 1 aliphatic rings. The minimum Gasteiger partial charge on any atom is -0.459 e. The molecule has 0 radical (unpaired) electrons. The van der Waals surface area contributed by atoms with Gasteiger partial charge in [0.2, 0.25) is 0 Å². The SMILES string of the molecule is CC(C)(C)OC(=O)[C@@H](NC1(c2ccccc2)c2ccccc2-c2ccccc21)C(C)(C)CO. The van der Waals surface area contributed by atoms with Crippen molar-refractivity contribution in [2.24, 2.45) is 5.41 Å². The predicted molar refractivity (Wildman–Crippen MR) is 132 cm³/mol. The summed E-state index contributed by atoms with van der Waals surface area (Å²) in [5, 5.41) is 14.0. The highest BCUT2D eigenvalue weighted by molar-refractivity contribution is 5.84. The van der Waals surface area contributed by atoms with Crippen LogP contribution in [0.15, 0.2) is 78.9 Å². The second-order valence-electron chi connectivity index (χ2n) is 10.5. The highest BCUT2D eigenvalue weighted by atomic mass is 16.6. The van der Waals surface area contributed by atoms with E-state index in [1.807, 2.05) is 77.1 Å². The molecule has 2 N–H and O–H groups in total. The average molecular weight is 444 g/mol. The van der Waals surface area contributed by atoms with E-state index in [2.05, 4.69) is 41.7 Å². The zero-order valence-electron chi connectivity index (χ0n) is 20.1. The van der Waals surface area contributed by atoms with E-state index in [0.717, 1.165) is 27.8 Å². The lowest BCUT2D eigenvalue weighted by molar-refractivity contribution is -0.162. The normalized spacial score (nSPS) is 15.5. The van der Waals surface area contributed by atoms with Crippen molar-refractivity contribution in [3.05, 3.63) is 95.6 Å². The van der Waals surface area contributed by atoms with E-state index in [1.54, 1.807) is 0 Å². The standard InChI is InChI=1S/C29H33NO3/c1-27(2,3)33-26(32)25(28(4,5)19-31)30-29(20-13-7-6-8-14-20)23-17-11-9-15-21(23)22-16-10-12-18-24(22)29/h6-18,25,30-31H,19H2,1-5H3/t25-/m1/s1. The second-order valence-corrected chi connectivity index (χ2v) is 10.5. The summed E-state index contributed by atoms with van der Waals surface area (Å²) in [6.45, 7) is 9.20. The molecule has 0 heterocycles. The molecular weight excluding hydrogens is 410 g/mol. The van der Waals surface area contributed by atoms with Crippen molar-refractivity contribution in [1.29, 1.82) is 0 Å². The van der Waals surface area contributed by atoms with Gasteiger partial charge in [-0.1, -0.05) is 92.7 Å². The first-order chi connectivity index (χ1) is 15.6. The van der Waals surface area contributed by atoms with Crippen LogP contribution in [0.25, 0.3) is 11.1 Å². The first-order valence-electron chi connectivity index (χ1n) is 11.5. The van der Waals surface area contributed by atoms with Crippen LogP contribution in [0.2, 0.25) is 0 Å². The zero-order chi connectivity index (χ0) is 23.9. The van der Waals surface area contributed by atoms with Gasteiger partial charge in [-0.2, -0.15) is 0 Å². The minimum atomic E-state index is -0.775. The fraction of sp³-hybridized carbons (Fsp3) is 0.345. The van der Waals surface area contributed by atoms with Gasteiger partial charge in [-0.15, -0.1) is 0 Å². The number of aliphatic hydroxyl groups excluding tert-OH is 1. The van der Waals surface area contributed by atoms with Crippen LogP contribution in [0.4, 0.5) is 0 Å². The van der Waals surface area contributed by atoms with Gasteiger partial charge in [0.1, 0.15) is 11.6 Å². The van der Waals surface area contributed by atoms with E-state index in [1.165, 1.54) is 0 Å². The van der Waals surface area contributed by atoms with E-state index < -0.39 is 22.6 Å². The smallest absolute Gasteiger partial charge is 0.324 e. The van der Waals surface area contributed by atoms with E-state index >= 15 is 0 Å². The van der Waals surface area contributed by atoms with Crippen molar-refractivity contribution in [3.8, 4) is 11.1 Å². The van der Waals surface area contributed by atoms with Gasteiger partial charge in [0, 0.05) is 5.41 Å². The summed E-state index contributed by atoms with van der Waals surface area (Å²) in [5.74, 6) is -0.376. The van der Waals surface area contributed by atoms with Gasteiger partial charge >= 0.3 is 5.97 Å². The molecule has 0 saturated carbocycles. The molecule has 3 aromatic carbocycles. The number of benzene rings is 3. The Bertz CT molecular complexity index is 1100. The molecule has 0 aliphatic heterocycles. The van der Waals surface area contributed by atoms with Gasteiger partial charge in [-0.3, -0.25) is 10.1 Å². The van der Waals surface area contributed by atoms with Crippen molar-refractivity contribution >= 4 is 5.97 Å². The van der Waals surface area contributed by atoms with E-state index in [0.29, 0.717) is 0 Å². The molecular formula is C29H33NO3. The molecule has 0 amide bonds. The number of carbonyl (C=O) groups excluding carboxylic acids is 1. The first-order valence-corrected chi connectivity index (χ1v) is 11.5. The van der Waals surface area contributed by atoms with E-state index in [4.69, 9.17) is 4.74 Å². The number of hydrogen-bond acceptors (Lipinski definition) is 4. The van der Waals surface area contributed by atoms with Crippen LogP contribution in [-0.2, 0) is 15.1 Å². The number of nitrogens with one attached hydrogen (secondary N) is 1. The summed E-state index contributed by atoms with van der Waals surface area (Å²) >= 11 is 0. The van der Waals surface area contributed by atoms with Crippen LogP contribution in [0.3, 0.4) is 0 Å². The predicted octanol–water partition coefficient (Wildman–Crippen LogP) is 5.28. The molecule has 0 unspecified atom stereocenters. The summed E-state index contributed by atoms with van der Waals surface area (Å²) in [4.78, 5) is 13.6. The minimum absolute atomic E-state index is 0.169. The van der Waals surface area contributed by atoms with Gasteiger partial charge < -0.3 is 9.84 Å². The third-order valence-electron chi connectivity index (χ3n) is 6.35. The number of rotatable bonds is 6. The highest BCUT2D eigenvalue weighted by Gasteiger charge is 2.50. The van der Waals surface area contributed by atoms with Crippen molar-refractivity contribution in [3.63, 3.8) is 0 Å². The largest absolute Gasteiger partial charge is 0.459 e. The zero-order valence-corrected chi connectivity index (χ0v) is 20.1. The van der Waals surface area contributed by atoms with E-state index in [-0.39, 0.29) is 12.6 Å². The van der Waals surface area contributed by atoms with Crippen molar-refractivity contribution in [2.75, 3.05) is 6.61 Å². The van der Waals surface area contributed by atoms with Crippen LogP contribution in [0, 0.1) is 5.41 Å². The number of fused-ring (bicyclic) bond motifs is 3. The molecule has 0 saturated heterocycles. The molecule has 1 atom stereocenters. The molecule has 0 bridgehead atoms. The van der Waals surface area contributed by atoms with Crippen LogP contribution in [0.1, 0.15) is 51.3 Å². The molecule has 4 nitrogen and oxygen atoms in total. The third-order valence-corrected chi connectivity index (χ3v) is 6.35. The Morgan fingerprint density at radius 1 is 0.848 bits per heavy atom. The Labute approximate surface area is 196 Å². The maximum absolute atomic E-state index is 13.6. The Kier molecular flexibility index (Phi) is 5.94. The lowest BCUT2D eigenvalue weighted by Gasteiger charge is -2.42. The van der Waals surface area contributed by atoms with Crippen LogP contribution in [0.5, 0.6) is 0 Å². The first kappa shape index (κ1) is 23.2. The van der Waals surface area contributed by atoms with Crippen molar-refractivity contribution < 1.29 is 14.6 Å². The quantitative estimate of drug-likeness (QED) is 0.509. The number of hydrogen-bond donors (Lipinski definition) is 2. The fourth-order valence-electron chi connectivity index (χ4n) is 4.71. The molecule has 0 aromatic heterocycles. The molecule has 33 heavy (non-hydrogen) atoms. The average Bonchev–Trinajstić information content (AvgIpc) is 3.08. The van der Waals surface area contributed by atoms with Gasteiger partial charge in [-0.25, -0.2) is 0 Å². The maximum atomic E-state index is 13.6. The Hall–Kier alpha value is -2.95. The Morgan fingerprint density at radius 2 is 1.33 bits per heavy atom. The number of ether oxygens (including phenoxy) is 1. The summed E-state index contributed by atoms with van der Waals surface area (Å²) in [5.41, 5.74) is 3.28. The molecule has 1 aliphatic carbocycles. The van der Waals surface area contributed by atoms with Crippen molar-refractivity contribution in [2.45, 2.75) is 51.8 Å². The van der Waals surface area contributed by atoms with E-state index in [9.17, 15) is 9.90 Å². The van der Waals surface area contributed by atoms with Gasteiger partial charge in [0.05, 0.1) is 12.1 Å². The van der Waals surface area contributed by atoms with Crippen LogP contribution in [-0.4, -0.2) is 29.3 Å². The van der Waals surface area contributed by atoms with Crippen LogP contribution < -0.4 is 5.32 Å². The second kappa shape index (κ2) is 8.44. The van der Waals surface area contributed by atoms with Gasteiger partial charge in [-0.05, 0) is 48.6 Å². The number of esters is 1. The molecule has 0 spiro atoms. The maximum Gasteiger partial charge on any atom is 0.324 e. The Morgan fingerprint density at radius 3 is 1.82 bits per heavy atom. The number of carbonyl (C=O) groups is 1. The van der Waals surface area contributed by atoms with Gasteiger partial charge in [0.25, 0.3) is 0 Å². The lowest BCUT2D eigenvalue weighted by atomic mass is 9.76. The topological polar surface area (TPSA) is 58.6 Å². The summed E-state index contributed by atoms with van der Waals surface area (Å²) in [7, 11) is 0. The monoisotopic (exact) mass is 443 g/mol. The van der Waals surface area contributed by atoms with Gasteiger partial charge in [0.15, 0.2) is 0 Å². The molecule has 4 rings (SSSR count). The van der Waals surface area contributed by atoms with Crippen molar-refractivity contribution in [1.82, 2.24) is 5.32 Å². The summed E-state index contributed by atoms with van der Waals surface area (Å²) in [6.07, 6.45) is 0. The highest BCUT2D eigenvalue weighted by Crippen LogP contribution is 2.51. The molecule has 3 aromatic rings. The lowest BCUT2D eigenvalue weighted by Crippen LogP contribution is -2.59. The molecule has 0 fully saturated rings. The Balaban J connectivity index is 1.97. The number of aliphatic hydroxyl groups is 1. The van der Waals surface area contributed by atoms with Crippen LogP contribution >= 0.6 is 0 Å². The molecule has 172 valence electrons. The molecule has 4 heteroatoms. The summed E-state index contributed by atoms with van der Waals surface area (Å²) < 4.78 is 5.84.